The van der Waals surface area contributed by atoms with Crippen molar-refractivity contribution in [2.75, 3.05) is 0 Å². The number of allylic oxidation sites excluding steroid dienone is 5. The zero-order valence-corrected chi connectivity index (χ0v) is 28.2. The maximum atomic E-state index is 4.06. The number of benzene rings is 4. The van der Waals surface area contributed by atoms with E-state index < -0.39 is 0 Å². The molecule has 210 valence electrons. The van der Waals surface area contributed by atoms with Gasteiger partial charge in [-0.3, -0.25) is 0 Å². The first-order valence-electron chi connectivity index (χ1n) is 14.1. The van der Waals surface area contributed by atoms with Crippen molar-refractivity contribution < 1.29 is 51.0 Å². The molecular weight excluding hydrogens is 643 g/mol. The van der Waals surface area contributed by atoms with E-state index in [4.69, 9.17) is 0 Å². The molecule has 43 heavy (non-hydrogen) atoms. The van der Waals surface area contributed by atoms with Gasteiger partial charge in [0.05, 0.1) is 0 Å². The molecule has 0 spiro atoms. The van der Waals surface area contributed by atoms with Crippen LogP contribution < -0.4 is 24.8 Å². The largest absolute Gasteiger partial charge is 2.00 e. The second kappa shape index (κ2) is 15.4. The third-order valence-electron chi connectivity index (χ3n) is 8.20. The molecule has 0 aromatic heterocycles. The van der Waals surface area contributed by atoms with Crippen LogP contribution in [0.5, 0.6) is 0 Å². The number of rotatable bonds is 5. The summed E-state index contributed by atoms with van der Waals surface area (Å²) in [4.78, 5) is 0. The molecule has 3 heteroatoms. The molecule has 0 radical (unpaired) electrons. The molecule has 0 heterocycles. The van der Waals surface area contributed by atoms with Crippen molar-refractivity contribution in [3.8, 4) is 34.8 Å². The zero-order chi connectivity index (χ0) is 27.4. The minimum atomic E-state index is -0.137. The van der Waals surface area contributed by atoms with Crippen LogP contribution in [0.15, 0.2) is 127 Å². The predicted octanol–water partition coefficient (Wildman–Crippen LogP) is 3.17. The van der Waals surface area contributed by atoms with Gasteiger partial charge in [-0.25, -0.2) is 0 Å². The minimum absolute atomic E-state index is 0. The van der Waals surface area contributed by atoms with E-state index in [0.29, 0.717) is 0 Å². The van der Waals surface area contributed by atoms with Crippen molar-refractivity contribution in [2.24, 2.45) is 0 Å². The Morgan fingerprint density at radius 1 is 0.767 bits per heavy atom. The van der Waals surface area contributed by atoms with E-state index in [0.717, 1.165) is 47.9 Å². The van der Waals surface area contributed by atoms with Crippen LogP contribution in [0, 0.1) is 23.7 Å². The van der Waals surface area contributed by atoms with E-state index in [2.05, 4.69) is 110 Å². The van der Waals surface area contributed by atoms with Crippen LogP contribution in [0.3, 0.4) is 0 Å². The molecule has 0 saturated carbocycles. The topological polar surface area (TPSA) is 0 Å². The van der Waals surface area contributed by atoms with Crippen molar-refractivity contribution in [1.82, 2.24) is 0 Å². The molecule has 6 rings (SSSR count). The Bertz CT molecular complexity index is 1780. The molecule has 0 nitrogen and oxygen atoms in total. The Labute approximate surface area is 288 Å². The Hall–Kier alpha value is -3.32. The van der Waals surface area contributed by atoms with Crippen LogP contribution in [0.4, 0.5) is 0 Å². The normalized spacial score (nSPS) is 13.1. The van der Waals surface area contributed by atoms with Crippen LogP contribution in [0.2, 0.25) is 0 Å². The van der Waals surface area contributed by atoms with Crippen molar-refractivity contribution in [3.63, 3.8) is 0 Å². The Kier molecular flexibility index (Phi) is 12.3. The molecule has 2 aliphatic rings. The molecule has 1 unspecified atom stereocenters. The van der Waals surface area contributed by atoms with Crippen LogP contribution in [0.1, 0.15) is 65.1 Å². The summed E-state index contributed by atoms with van der Waals surface area (Å²) in [5.74, 6) is 13.7. The Balaban J connectivity index is 0.00000169. The smallest absolute Gasteiger partial charge is 1.00 e. The second-order valence-electron chi connectivity index (χ2n) is 10.8. The van der Waals surface area contributed by atoms with Gasteiger partial charge in [0, 0.05) is 27.7 Å². The van der Waals surface area contributed by atoms with Crippen LogP contribution in [-0.4, -0.2) is 0 Å². The van der Waals surface area contributed by atoms with Gasteiger partial charge >= 0.3 is 26.2 Å². The number of hydrogen-bond donors (Lipinski definition) is 0. The van der Waals surface area contributed by atoms with E-state index in [1.54, 1.807) is 0 Å². The second-order valence-corrected chi connectivity index (χ2v) is 10.8. The molecular formula is C40H32Cl2Zr. The summed E-state index contributed by atoms with van der Waals surface area (Å²) in [6.07, 6.45) is 12.7. The summed E-state index contributed by atoms with van der Waals surface area (Å²) in [6.45, 7) is 6.48. The third-order valence-corrected chi connectivity index (χ3v) is 8.20. The van der Waals surface area contributed by atoms with E-state index in [-0.39, 0.29) is 56.4 Å². The van der Waals surface area contributed by atoms with E-state index in [1.165, 1.54) is 33.4 Å². The molecule has 1 atom stereocenters. The average molecular weight is 675 g/mol. The first-order chi connectivity index (χ1) is 19.7. The Morgan fingerprint density at radius 2 is 1.40 bits per heavy atom. The summed E-state index contributed by atoms with van der Waals surface area (Å²) < 4.78 is 0. The SMILES string of the molecule is C=CCCC(C)(C1=CC=CC1)c1c(C#Cc2ccccc2)ccc2c1Cc1cc(C#Cc3ccccc3)ccc1-2.[Cl-].[Cl-].[Zr+2]. The maximum absolute atomic E-state index is 4.06. The van der Waals surface area contributed by atoms with Crippen molar-refractivity contribution in [1.29, 1.82) is 0 Å². The van der Waals surface area contributed by atoms with Crippen molar-refractivity contribution in [2.45, 2.75) is 38.0 Å². The molecule has 0 amide bonds. The van der Waals surface area contributed by atoms with Crippen LogP contribution in [0.25, 0.3) is 11.1 Å². The zero-order valence-electron chi connectivity index (χ0n) is 24.3. The van der Waals surface area contributed by atoms with Gasteiger partial charge in [-0.05, 0) is 96.0 Å². The van der Waals surface area contributed by atoms with Crippen molar-refractivity contribution in [3.05, 3.63) is 166 Å². The number of halogens is 2. The number of hydrogen-bond acceptors (Lipinski definition) is 0. The fourth-order valence-electron chi connectivity index (χ4n) is 6.11. The van der Waals surface area contributed by atoms with Crippen molar-refractivity contribution >= 4 is 0 Å². The quantitative estimate of drug-likeness (QED) is 0.199. The summed E-state index contributed by atoms with van der Waals surface area (Å²) in [6, 6.07) is 31.7. The molecule has 4 aromatic rings. The molecule has 0 fully saturated rings. The van der Waals surface area contributed by atoms with Gasteiger partial charge in [0.2, 0.25) is 0 Å². The summed E-state index contributed by atoms with van der Waals surface area (Å²) in [5, 5.41) is 0. The predicted molar refractivity (Wildman–Crippen MR) is 168 cm³/mol. The molecule has 0 bridgehead atoms. The van der Waals surface area contributed by atoms with Gasteiger partial charge in [-0.1, -0.05) is 109 Å². The van der Waals surface area contributed by atoms with Gasteiger partial charge in [-0.15, -0.1) is 6.58 Å². The standard InChI is InChI=1S/C40H32.2ClH.Zr/c1-3-4-27-40(2,35-17-11-12-18-35)39-33(23-21-31-15-9-6-10-16-31)24-26-37-36-25-22-32(28-34(36)29-38(37)39)20-19-30-13-7-5-8-14-30;;;/h3,5-17,22,24-26,28H,1,4,18,27,29H2,2H3;2*1H;/q;;;+2/p-2. The van der Waals surface area contributed by atoms with E-state index >= 15 is 0 Å². The van der Waals surface area contributed by atoms with Crippen LogP contribution >= 0.6 is 0 Å². The first kappa shape index (κ1) is 34.2. The Morgan fingerprint density at radius 3 is 2.02 bits per heavy atom. The maximum Gasteiger partial charge on any atom is 2.00 e. The molecule has 0 saturated heterocycles. The third kappa shape index (κ3) is 7.26. The average Bonchev–Trinajstić information content (AvgIpc) is 3.67. The molecule has 4 aromatic carbocycles. The summed E-state index contributed by atoms with van der Waals surface area (Å²) in [7, 11) is 0. The summed E-state index contributed by atoms with van der Waals surface area (Å²) in [5.41, 5.74) is 12.3. The fraction of sp³-hybridized carbons (Fsp3) is 0.150. The summed E-state index contributed by atoms with van der Waals surface area (Å²) >= 11 is 0. The molecule has 0 N–H and O–H groups in total. The van der Waals surface area contributed by atoms with Gasteiger partial charge < -0.3 is 24.8 Å². The molecule has 0 aliphatic heterocycles. The first-order valence-corrected chi connectivity index (χ1v) is 14.1. The fourth-order valence-corrected chi connectivity index (χ4v) is 6.11. The van der Waals surface area contributed by atoms with E-state index in [9.17, 15) is 0 Å². The molecule has 2 aliphatic carbocycles. The minimum Gasteiger partial charge on any atom is -1.00 e. The van der Waals surface area contributed by atoms with Gasteiger partial charge in [0.1, 0.15) is 0 Å². The number of fused-ring (bicyclic) bond motifs is 3. The van der Waals surface area contributed by atoms with E-state index in [1.807, 2.05) is 42.5 Å². The van der Waals surface area contributed by atoms with Gasteiger partial charge in [0.15, 0.2) is 0 Å². The van der Waals surface area contributed by atoms with Gasteiger partial charge in [-0.2, -0.15) is 0 Å². The van der Waals surface area contributed by atoms with Crippen LogP contribution in [-0.2, 0) is 38.0 Å². The monoisotopic (exact) mass is 672 g/mol. The van der Waals surface area contributed by atoms with Gasteiger partial charge in [0.25, 0.3) is 0 Å².